The van der Waals surface area contributed by atoms with Crippen LogP contribution >= 0.6 is 0 Å². The lowest BCUT2D eigenvalue weighted by Crippen LogP contribution is -2.40. The molecule has 0 aromatic rings. The zero-order valence-electron chi connectivity index (χ0n) is 14.6. The summed E-state index contributed by atoms with van der Waals surface area (Å²) in [5.41, 5.74) is 0.0919. The van der Waals surface area contributed by atoms with Crippen LogP contribution in [0.5, 0.6) is 0 Å². The quantitative estimate of drug-likeness (QED) is 0.555. The van der Waals surface area contributed by atoms with E-state index in [1.807, 2.05) is 17.9 Å². The fraction of sp³-hybridized carbons (Fsp3) is 0.765. The third-order valence-electron chi connectivity index (χ3n) is 5.13. The summed E-state index contributed by atoms with van der Waals surface area (Å²) in [5, 5.41) is 9.42. The molecular weight excluding hydrogens is 326 g/mol. The minimum Gasteiger partial charge on any atom is -0.372 e. The molecule has 7 heteroatoms. The van der Waals surface area contributed by atoms with E-state index >= 15 is 0 Å². The topological polar surface area (TPSA) is 81.5 Å². The first-order valence-electron chi connectivity index (χ1n) is 8.73. The standard InChI is InChI=1S/C17H27N3O3S/c1-3-20(16-9-10-24(22,23)13-16)12-14(11-18)17(21)19(2)15-7-5-4-6-8-15/h12,15-16H,3-10,13H2,1-2H3/b14-12-. The van der Waals surface area contributed by atoms with E-state index in [1.165, 1.54) is 6.42 Å². The lowest BCUT2D eigenvalue weighted by molar-refractivity contribution is -0.128. The second-order valence-electron chi connectivity index (χ2n) is 6.75. The van der Waals surface area contributed by atoms with Gasteiger partial charge in [-0.2, -0.15) is 5.26 Å². The molecule has 24 heavy (non-hydrogen) atoms. The fourth-order valence-corrected chi connectivity index (χ4v) is 5.36. The number of sulfone groups is 1. The van der Waals surface area contributed by atoms with Gasteiger partial charge < -0.3 is 9.80 Å². The molecule has 0 radical (unpaired) electrons. The van der Waals surface area contributed by atoms with Gasteiger partial charge in [-0.25, -0.2) is 8.42 Å². The molecular formula is C17H27N3O3S. The Kier molecular flexibility index (Phi) is 6.27. The molecule has 2 rings (SSSR count). The summed E-state index contributed by atoms with van der Waals surface area (Å²) < 4.78 is 23.4. The van der Waals surface area contributed by atoms with E-state index in [1.54, 1.807) is 18.1 Å². The van der Waals surface area contributed by atoms with E-state index in [4.69, 9.17) is 0 Å². The molecule has 0 aromatic heterocycles. The zero-order valence-corrected chi connectivity index (χ0v) is 15.4. The molecule has 2 fully saturated rings. The van der Waals surface area contributed by atoms with Crippen molar-refractivity contribution >= 4 is 15.7 Å². The molecule has 1 saturated heterocycles. The predicted octanol–water partition coefficient (Wildman–Crippen LogP) is 1.69. The lowest BCUT2D eigenvalue weighted by atomic mass is 9.94. The van der Waals surface area contributed by atoms with E-state index < -0.39 is 9.84 Å². The van der Waals surface area contributed by atoms with Gasteiger partial charge in [0.2, 0.25) is 0 Å². The first kappa shape index (κ1) is 18.8. The van der Waals surface area contributed by atoms with Gasteiger partial charge >= 0.3 is 0 Å². The molecule has 0 spiro atoms. The Hall–Kier alpha value is -1.55. The van der Waals surface area contributed by atoms with Crippen molar-refractivity contribution in [3.8, 4) is 6.07 Å². The number of nitriles is 1. The van der Waals surface area contributed by atoms with Crippen LogP contribution in [0.25, 0.3) is 0 Å². The fourth-order valence-electron chi connectivity index (χ4n) is 3.61. The SMILES string of the molecule is CCN(/C=C(/C#N)C(=O)N(C)C1CCCCC1)C1CCS(=O)(=O)C1. The Bertz CT molecular complexity index is 630. The van der Waals surface area contributed by atoms with E-state index in [-0.39, 0.29) is 35.1 Å². The molecule has 134 valence electrons. The molecule has 1 aliphatic carbocycles. The van der Waals surface area contributed by atoms with Gasteiger partial charge in [0.25, 0.3) is 5.91 Å². The summed E-state index contributed by atoms with van der Waals surface area (Å²) in [6.07, 6.45) is 7.53. The van der Waals surface area contributed by atoms with Gasteiger partial charge in [-0.05, 0) is 26.2 Å². The number of amides is 1. The van der Waals surface area contributed by atoms with Crippen molar-refractivity contribution in [3.63, 3.8) is 0 Å². The predicted molar refractivity (Wildman–Crippen MR) is 92.8 cm³/mol. The molecule has 6 nitrogen and oxygen atoms in total. The molecule has 2 aliphatic rings. The van der Waals surface area contributed by atoms with Crippen LogP contribution in [0.2, 0.25) is 0 Å². The van der Waals surface area contributed by atoms with E-state index in [2.05, 4.69) is 0 Å². The van der Waals surface area contributed by atoms with E-state index in [9.17, 15) is 18.5 Å². The summed E-state index contributed by atoms with van der Waals surface area (Å²) >= 11 is 0. The molecule has 1 atom stereocenters. The Morgan fingerprint density at radius 3 is 2.38 bits per heavy atom. The number of hydrogen-bond acceptors (Lipinski definition) is 5. The number of hydrogen-bond donors (Lipinski definition) is 0. The Labute approximate surface area is 145 Å². The van der Waals surface area contributed by atoms with Crippen molar-refractivity contribution < 1.29 is 13.2 Å². The molecule has 0 N–H and O–H groups in total. The van der Waals surface area contributed by atoms with Crippen LogP contribution in [0.15, 0.2) is 11.8 Å². The van der Waals surface area contributed by atoms with Gasteiger partial charge in [-0.1, -0.05) is 19.3 Å². The monoisotopic (exact) mass is 353 g/mol. The second-order valence-corrected chi connectivity index (χ2v) is 8.98. The zero-order chi connectivity index (χ0) is 17.7. The summed E-state index contributed by atoms with van der Waals surface area (Å²) in [7, 11) is -1.23. The van der Waals surface area contributed by atoms with Crippen molar-refractivity contribution in [1.29, 1.82) is 5.26 Å². The maximum atomic E-state index is 12.7. The van der Waals surface area contributed by atoms with Crippen LogP contribution in [0, 0.1) is 11.3 Å². The molecule has 1 amide bonds. The van der Waals surface area contributed by atoms with Crippen LogP contribution in [-0.4, -0.2) is 61.3 Å². The van der Waals surface area contributed by atoms with Crippen LogP contribution in [-0.2, 0) is 14.6 Å². The number of rotatable bonds is 5. The number of carbonyl (C=O) groups excluding carboxylic acids is 1. The molecule has 0 aromatic carbocycles. The second kappa shape index (κ2) is 8.02. The van der Waals surface area contributed by atoms with Crippen molar-refractivity contribution in [2.45, 2.75) is 57.5 Å². The van der Waals surface area contributed by atoms with Gasteiger partial charge in [0, 0.05) is 31.9 Å². The maximum Gasteiger partial charge on any atom is 0.265 e. The van der Waals surface area contributed by atoms with Gasteiger partial charge in [0.05, 0.1) is 11.5 Å². The van der Waals surface area contributed by atoms with Crippen molar-refractivity contribution in [2.75, 3.05) is 25.1 Å². The van der Waals surface area contributed by atoms with Gasteiger partial charge in [0.15, 0.2) is 9.84 Å². The van der Waals surface area contributed by atoms with Crippen LogP contribution in [0.1, 0.15) is 45.4 Å². The van der Waals surface area contributed by atoms with Crippen LogP contribution in [0.3, 0.4) is 0 Å². The van der Waals surface area contributed by atoms with E-state index in [0.717, 1.165) is 25.7 Å². The summed E-state index contributed by atoms with van der Waals surface area (Å²) in [6, 6.07) is 2.07. The molecule has 1 saturated carbocycles. The van der Waals surface area contributed by atoms with Gasteiger partial charge in [0.1, 0.15) is 11.6 Å². The first-order chi connectivity index (χ1) is 11.4. The first-order valence-corrected chi connectivity index (χ1v) is 10.6. The minimum atomic E-state index is -3.00. The molecule has 0 bridgehead atoms. The highest BCUT2D eigenvalue weighted by Gasteiger charge is 2.32. The summed E-state index contributed by atoms with van der Waals surface area (Å²) in [6.45, 7) is 2.48. The lowest BCUT2D eigenvalue weighted by Gasteiger charge is -2.31. The third-order valence-corrected chi connectivity index (χ3v) is 6.88. The smallest absolute Gasteiger partial charge is 0.265 e. The Morgan fingerprint density at radius 1 is 1.21 bits per heavy atom. The van der Waals surface area contributed by atoms with Crippen LogP contribution < -0.4 is 0 Å². The normalized spacial score (nSPS) is 24.4. The Balaban J connectivity index is 2.11. The number of carbonyl (C=O) groups is 1. The van der Waals surface area contributed by atoms with E-state index in [0.29, 0.717) is 13.0 Å². The highest BCUT2D eigenvalue weighted by Crippen LogP contribution is 2.23. The molecule has 1 unspecified atom stereocenters. The largest absolute Gasteiger partial charge is 0.372 e. The molecule has 1 heterocycles. The summed E-state index contributed by atoms with van der Waals surface area (Å²) in [5.74, 6) is 0.0198. The third kappa shape index (κ3) is 4.50. The number of likely N-dealkylation sites (N-methyl/N-ethyl adjacent to an activating group) is 1. The summed E-state index contributed by atoms with van der Waals surface area (Å²) in [4.78, 5) is 16.2. The minimum absolute atomic E-state index is 0.0919. The van der Waals surface area contributed by atoms with Gasteiger partial charge in [-0.3, -0.25) is 4.79 Å². The Morgan fingerprint density at radius 2 is 1.88 bits per heavy atom. The van der Waals surface area contributed by atoms with Crippen molar-refractivity contribution in [2.24, 2.45) is 0 Å². The van der Waals surface area contributed by atoms with Crippen molar-refractivity contribution in [3.05, 3.63) is 11.8 Å². The van der Waals surface area contributed by atoms with Gasteiger partial charge in [-0.15, -0.1) is 0 Å². The average Bonchev–Trinajstić information content (AvgIpc) is 2.95. The highest BCUT2D eigenvalue weighted by atomic mass is 32.2. The maximum absolute atomic E-state index is 12.7. The highest BCUT2D eigenvalue weighted by molar-refractivity contribution is 7.91. The van der Waals surface area contributed by atoms with Crippen molar-refractivity contribution in [1.82, 2.24) is 9.80 Å². The average molecular weight is 353 g/mol. The number of nitrogens with zero attached hydrogens (tertiary/aromatic N) is 3. The molecule has 1 aliphatic heterocycles. The van der Waals surface area contributed by atoms with Crippen LogP contribution in [0.4, 0.5) is 0 Å².